The monoisotopic (exact) mass is 356 g/mol. The van der Waals surface area contributed by atoms with Gasteiger partial charge in [-0.3, -0.25) is 0 Å². The van der Waals surface area contributed by atoms with Gasteiger partial charge in [0.1, 0.15) is 11.3 Å². The molecule has 0 saturated carbocycles. The Hall–Kier alpha value is -3.55. The predicted octanol–water partition coefficient (Wildman–Crippen LogP) is 2.82. The number of methoxy groups -OCH3 is 1. The van der Waals surface area contributed by atoms with Gasteiger partial charge in [-0.05, 0) is 42.8 Å². The number of aryl methyl sites for hydroxylation is 1. The summed E-state index contributed by atoms with van der Waals surface area (Å²) < 4.78 is 15.3. The first-order valence-electron chi connectivity index (χ1n) is 7.65. The summed E-state index contributed by atoms with van der Waals surface area (Å²) in [6.07, 6.45) is 0. The Morgan fingerprint density at radius 1 is 1.12 bits per heavy atom. The molecule has 134 valence electrons. The fraction of sp³-hybridized carbons (Fsp3) is 0.167. The molecule has 26 heavy (non-hydrogen) atoms. The summed E-state index contributed by atoms with van der Waals surface area (Å²) in [5.41, 5.74) is 0.991. The number of phenols is 2. The lowest BCUT2D eigenvalue weighted by molar-refractivity contribution is 0.0455. The normalized spacial score (nSPS) is 10.5. The lowest BCUT2D eigenvalue weighted by Crippen LogP contribution is -2.06. The first-order valence-corrected chi connectivity index (χ1v) is 7.65. The second-order valence-corrected chi connectivity index (χ2v) is 5.45. The second-order valence-electron chi connectivity index (χ2n) is 5.45. The van der Waals surface area contributed by atoms with Crippen LogP contribution in [-0.2, 0) is 11.3 Å². The van der Waals surface area contributed by atoms with Crippen molar-refractivity contribution < 1.29 is 29.0 Å². The Morgan fingerprint density at radius 2 is 1.85 bits per heavy atom. The molecular weight excluding hydrogens is 340 g/mol. The van der Waals surface area contributed by atoms with Crippen molar-refractivity contribution in [2.45, 2.75) is 13.5 Å². The highest BCUT2D eigenvalue weighted by Crippen LogP contribution is 2.32. The Balaban J connectivity index is 1.68. The molecular formula is C18H16N2O6. The van der Waals surface area contributed by atoms with Crippen molar-refractivity contribution in [1.29, 1.82) is 0 Å². The average Bonchev–Trinajstić information content (AvgIpc) is 3.13. The molecule has 0 aliphatic carbocycles. The number of aromatic nitrogens is 2. The molecule has 3 rings (SSSR count). The number of ether oxygens (including phenoxy) is 2. The third-order valence-corrected chi connectivity index (χ3v) is 3.71. The molecule has 0 radical (unpaired) electrons. The van der Waals surface area contributed by atoms with Gasteiger partial charge in [-0.25, -0.2) is 4.79 Å². The molecule has 1 heterocycles. The molecule has 0 atom stereocenters. The summed E-state index contributed by atoms with van der Waals surface area (Å²) in [4.78, 5) is 16.2. The number of nitrogens with zero attached hydrogens (tertiary/aromatic N) is 2. The maximum absolute atomic E-state index is 12.1. The van der Waals surface area contributed by atoms with Crippen molar-refractivity contribution in [3.8, 4) is 28.7 Å². The quantitative estimate of drug-likeness (QED) is 0.530. The maximum atomic E-state index is 12.1. The lowest BCUT2D eigenvalue weighted by Gasteiger charge is -2.07. The molecule has 3 aromatic rings. The number of carbonyl (C=O) groups excluding carboxylic acids is 1. The summed E-state index contributed by atoms with van der Waals surface area (Å²) in [5, 5.41) is 23.3. The molecule has 0 amide bonds. The number of carbonyl (C=O) groups is 1. The van der Waals surface area contributed by atoms with Crippen LogP contribution >= 0.6 is 0 Å². The largest absolute Gasteiger partial charge is 0.504 e. The Bertz CT molecular complexity index is 933. The third-order valence-electron chi connectivity index (χ3n) is 3.71. The van der Waals surface area contributed by atoms with Crippen LogP contribution in [0.25, 0.3) is 11.5 Å². The molecule has 1 aromatic heterocycles. The molecule has 0 aliphatic rings. The fourth-order valence-corrected chi connectivity index (χ4v) is 2.22. The number of esters is 1. The minimum absolute atomic E-state index is 0.146. The van der Waals surface area contributed by atoms with Gasteiger partial charge < -0.3 is 24.2 Å². The molecule has 0 spiro atoms. The molecule has 8 heteroatoms. The number of benzene rings is 2. The van der Waals surface area contributed by atoms with Gasteiger partial charge in [0.2, 0.25) is 5.82 Å². The topological polar surface area (TPSA) is 115 Å². The van der Waals surface area contributed by atoms with E-state index in [1.165, 1.54) is 12.1 Å². The fourth-order valence-electron chi connectivity index (χ4n) is 2.22. The van der Waals surface area contributed by atoms with Gasteiger partial charge in [0.05, 0.1) is 7.11 Å². The highest BCUT2D eigenvalue weighted by atomic mass is 16.5. The van der Waals surface area contributed by atoms with E-state index in [2.05, 4.69) is 10.1 Å². The van der Waals surface area contributed by atoms with E-state index >= 15 is 0 Å². The standard InChI is InChI=1S/C18H16N2O6/c1-10-3-8-13(16(22)15(10)21)18(23)25-9-14-19-17(26-20-14)11-4-6-12(24-2)7-5-11/h3-8,21-22H,9H2,1-2H3. The molecule has 8 nitrogen and oxygen atoms in total. The number of hydrogen-bond donors (Lipinski definition) is 2. The van der Waals surface area contributed by atoms with Crippen molar-refractivity contribution in [2.75, 3.05) is 7.11 Å². The van der Waals surface area contributed by atoms with Crippen LogP contribution in [0.2, 0.25) is 0 Å². The van der Waals surface area contributed by atoms with Gasteiger partial charge in [0.15, 0.2) is 18.1 Å². The van der Waals surface area contributed by atoms with E-state index in [0.717, 1.165) is 0 Å². The zero-order valence-electron chi connectivity index (χ0n) is 14.1. The van der Waals surface area contributed by atoms with Gasteiger partial charge in [-0.1, -0.05) is 11.2 Å². The first kappa shape index (κ1) is 17.3. The van der Waals surface area contributed by atoms with Crippen molar-refractivity contribution in [2.24, 2.45) is 0 Å². The Kier molecular flexibility index (Phi) is 4.74. The molecule has 0 saturated heterocycles. The zero-order chi connectivity index (χ0) is 18.7. The average molecular weight is 356 g/mol. The summed E-state index contributed by atoms with van der Waals surface area (Å²) in [7, 11) is 1.57. The van der Waals surface area contributed by atoms with Crippen LogP contribution in [0, 0.1) is 6.92 Å². The van der Waals surface area contributed by atoms with Crippen LogP contribution in [-0.4, -0.2) is 33.4 Å². The summed E-state index contributed by atoms with van der Waals surface area (Å²) in [6.45, 7) is 1.36. The van der Waals surface area contributed by atoms with E-state index in [0.29, 0.717) is 16.9 Å². The third kappa shape index (κ3) is 3.44. The van der Waals surface area contributed by atoms with Gasteiger partial charge in [-0.2, -0.15) is 4.98 Å². The smallest absolute Gasteiger partial charge is 0.342 e. The van der Waals surface area contributed by atoms with Crippen LogP contribution in [0.15, 0.2) is 40.9 Å². The van der Waals surface area contributed by atoms with Crippen molar-refractivity contribution in [1.82, 2.24) is 10.1 Å². The van der Waals surface area contributed by atoms with E-state index in [9.17, 15) is 15.0 Å². The van der Waals surface area contributed by atoms with E-state index in [1.54, 1.807) is 38.3 Å². The number of rotatable bonds is 5. The van der Waals surface area contributed by atoms with Gasteiger partial charge in [0.25, 0.3) is 5.89 Å². The molecule has 0 unspecified atom stereocenters. The maximum Gasteiger partial charge on any atom is 0.342 e. The van der Waals surface area contributed by atoms with Gasteiger partial charge >= 0.3 is 5.97 Å². The highest BCUT2D eigenvalue weighted by Gasteiger charge is 2.18. The number of aromatic hydroxyl groups is 2. The van der Waals surface area contributed by atoms with Crippen LogP contribution in [0.5, 0.6) is 17.2 Å². The minimum atomic E-state index is -0.811. The number of hydrogen-bond acceptors (Lipinski definition) is 8. The van der Waals surface area contributed by atoms with Gasteiger partial charge in [0, 0.05) is 5.56 Å². The van der Waals surface area contributed by atoms with E-state index < -0.39 is 11.7 Å². The molecule has 0 aliphatic heterocycles. The van der Waals surface area contributed by atoms with Crippen LogP contribution in [0.4, 0.5) is 0 Å². The number of phenolic OH excluding ortho intramolecular Hbond substituents is 2. The minimum Gasteiger partial charge on any atom is -0.504 e. The van der Waals surface area contributed by atoms with Crippen molar-refractivity contribution in [3.63, 3.8) is 0 Å². The second kappa shape index (κ2) is 7.14. The van der Waals surface area contributed by atoms with Crippen LogP contribution < -0.4 is 4.74 Å². The Labute approximate surface area is 148 Å². The lowest BCUT2D eigenvalue weighted by atomic mass is 10.1. The summed E-state index contributed by atoms with van der Waals surface area (Å²) in [6, 6.07) is 9.90. The van der Waals surface area contributed by atoms with Gasteiger partial charge in [-0.15, -0.1) is 0 Å². The van der Waals surface area contributed by atoms with E-state index in [4.69, 9.17) is 14.0 Å². The van der Waals surface area contributed by atoms with Crippen molar-refractivity contribution in [3.05, 3.63) is 53.3 Å². The Morgan fingerprint density at radius 3 is 2.54 bits per heavy atom. The first-order chi connectivity index (χ1) is 12.5. The SMILES string of the molecule is COc1ccc(-c2nc(COC(=O)c3ccc(C)c(O)c3O)no2)cc1. The molecule has 2 N–H and O–H groups in total. The van der Waals surface area contributed by atoms with Crippen molar-refractivity contribution >= 4 is 5.97 Å². The zero-order valence-corrected chi connectivity index (χ0v) is 14.1. The van der Waals surface area contributed by atoms with E-state index in [1.807, 2.05) is 0 Å². The summed E-state index contributed by atoms with van der Waals surface area (Å²) in [5.74, 6) is -0.561. The summed E-state index contributed by atoms with van der Waals surface area (Å²) >= 11 is 0. The van der Waals surface area contributed by atoms with Crippen LogP contribution in [0.3, 0.4) is 0 Å². The molecule has 2 aromatic carbocycles. The van der Waals surface area contributed by atoms with E-state index in [-0.39, 0.29) is 29.6 Å². The molecule has 0 fully saturated rings. The van der Waals surface area contributed by atoms with Crippen LogP contribution in [0.1, 0.15) is 21.7 Å². The molecule has 0 bridgehead atoms. The predicted molar refractivity (Wildman–Crippen MR) is 89.9 cm³/mol. The highest BCUT2D eigenvalue weighted by molar-refractivity contribution is 5.93.